The highest BCUT2D eigenvalue weighted by atomic mass is 32.2. The van der Waals surface area contributed by atoms with Gasteiger partial charge >= 0.3 is 0 Å². The molecule has 0 spiro atoms. The van der Waals surface area contributed by atoms with Crippen molar-refractivity contribution in [1.82, 2.24) is 5.32 Å². The first kappa shape index (κ1) is 25.8. The fourth-order valence-electron chi connectivity index (χ4n) is 1.90. The molecule has 0 saturated carbocycles. The molecule has 4 nitrogen and oxygen atoms in total. The SMILES string of the molecule is C=C/C=C(CN\C(N=C)=C(C)/C(N)=C/C=C\N)\C(SC)=C(/C)C=C.CC. The minimum absolute atomic E-state index is 0.569. The molecule has 0 aromatic carbocycles. The quantitative estimate of drug-likeness (QED) is 0.380. The van der Waals surface area contributed by atoms with Gasteiger partial charge in [0.25, 0.3) is 0 Å². The Morgan fingerprint density at radius 1 is 1.19 bits per heavy atom. The smallest absolute Gasteiger partial charge is 0.130 e. The molecule has 0 saturated heterocycles. The van der Waals surface area contributed by atoms with Crippen LogP contribution >= 0.6 is 11.8 Å². The summed E-state index contributed by atoms with van der Waals surface area (Å²) in [6, 6.07) is 0. The monoisotopic (exact) mass is 374 g/mol. The minimum Gasteiger partial charge on any atom is -0.405 e. The summed E-state index contributed by atoms with van der Waals surface area (Å²) in [7, 11) is 0. The van der Waals surface area contributed by atoms with Gasteiger partial charge in [0.1, 0.15) is 5.82 Å². The Bertz CT molecular complexity index is 620. The maximum atomic E-state index is 6.01. The van der Waals surface area contributed by atoms with Crippen LogP contribution in [0.25, 0.3) is 0 Å². The molecular formula is C21H34N4S. The molecule has 0 atom stereocenters. The zero-order valence-corrected chi connectivity index (χ0v) is 17.6. The van der Waals surface area contributed by atoms with Crippen molar-refractivity contribution >= 4 is 18.5 Å². The number of hydrogen-bond donors (Lipinski definition) is 3. The highest BCUT2D eigenvalue weighted by Crippen LogP contribution is 2.26. The van der Waals surface area contributed by atoms with E-state index in [1.807, 2.05) is 46.1 Å². The van der Waals surface area contributed by atoms with Gasteiger partial charge in [0, 0.05) is 22.7 Å². The van der Waals surface area contributed by atoms with Crippen LogP contribution in [0.3, 0.4) is 0 Å². The molecule has 0 aliphatic carbocycles. The van der Waals surface area contributed by atoms with Crippen molar-refractivity contribution in [2.24, 2.45) is 16.5 Å². The predicted octanol–water partition coefficient (Wildman–Crippen LogP) is 4.78. The first-order valence-electron chi connectivity index (χ1n) is 8.41. The molecule has 0 aromatic rings. The maximum absolute atomic E-state index is 6.01. The number of nitrogens with two attached hydrogens (primary N) is 2. The molecule has 0 aromatic heterocycles. The Morgan fingerprint density at radius 2 is 1.81 bits per heavy atom. The van der Waals surface area contributed by atoms with E-state index in [0.29, 0.717) is 18.1 Å². The molecule has 5 heteroatoms. The van der Waals surface area contributed by atoms with E-state index in [-0.39, 0.29) is 0 Å². The normalized spacial score (nSPS) is 13.9. The molecule has 0 bridgehead atoms. The second kappa shape index (κ2) is 16.1. The fourth-order valence-corrected chi connectivity index (χ4v) is 2.71. The maximum Gasteiger partial charge on any atom is 0.130 e. The Kier molecular flexibility index (Phi) is 16.0. The molecule has 0 fully saturated rings. The highest BCUT2D eigenvalue weighted by molar-refractivity contribution is 8.02. The van der Waals surface area contributed by atoms with Gasteiger partial charge in [0.15, 0.2) is 0 Å². The van der Waals surface area contributed by atoms with E-state index < -0.39 is 0 Å². The topological polar surface area (TPSA) is 76.4 Å². The van der Waals surface area contributed by atoms with Crippen molar-refractivity contribution in [3.05, 3.63) is 82.9 Å². The number of rotatable bonds is 10. The van der Waals surface area contributed by atoms with Crippen molar-refractivity contribution in [2.75, 3.05) is 12.8 Å². The van der Waals surface area contributed by atoms with Crippen LogP contribution in [-0.4, -0.2) is 19.5 Å². The third-order valence-corrected chi connectivity index (χ3v) is 4.25. The number of hydrogen-bond acceptors (Lipinski definition) is 5. The lowest BCUT2D eigenvalue weighted by molar-refractivity contribution is 0.850. The van der Waals surface area contributed by atoms with Crippen LogP contribution in [0.1, 0.15) is 27.7 Å². The molecule has 0 aliphatic heterocycles. The van der Waals surface area contributed by atoms with E-state index in [1.54, 1.807) is 30.0 Å². The van der Waals surface area contributed by atoms with Crippen molar-refractivity contribution in [1.29, 1.82) is 0 Å². The zero-order valence-electron chi connectivity index (χ0n) is 16.8. The van der Waals surface area contributed by atoms with Crippen LogP contribution in [0.2, 0.25) is 0 Å². The standard InChI is InChI=1S/C19H28N4S.C2H6/c1-7-10-16(18(24-6)14(3)8-2)13-23-19(22-5)15(4)17(21)11-9-12-20;1-2/h7-12,23H,1-2,5,13,20-21H2,3-4,6H3;1-2H3/b12-9-,16-10-,17-11-,18-14-,19-15-;. The zero-order chi connectivity index (χ0) is 20.5. The second-order valence-electron chi connectivity index (χ2n) is 4.84. The van der Waals surface area contributed by atoms with Crippen molar-refractivity contribution in [3.8, 4) is 0 Å². The second-order valence-corrected chi connectivity index (χ2v) is 5.66. The Balaban J connectivity index is 0. The third-order valence-electron chi connectivity index (χ3n) is 3.26. The summed E-state index contributed by atoms with van der Waals surface area (Å²) >= 11 is 1.67. The Morgan fingerprint density at radius 3 is 2.23 bits per heavy atom. The average molecular weight is 375 g/mol. The molecular weight excluding hydrogens is 340 g/mol. The summed E-state index contributed by atoms with van der Waals surface area (Å²) in [6.07, 6.45) is 12.4. The van der Waals surface area contributed by atoms with Gasteiger partial charge in [-0.2, -0.15) is 0 Å². The van der Waals surface area contributed by atoms with Crippen LogP contribution in [0.5, 0.6) is 0 Å². The molecule has 0 unspecified atom stereocenters. The van der Waals surface area contributed by atoms with E-state index in [4.69, 9.17) is 11.5 Å². The lowest BCUT2D eigenvalue weighted by Crippen LogP contribution is -2.19. The lowest BCUT2D eigenvalue weighted by Gasteiger charge is -2.16. The van der Waals surface area contributed by atoms with Crippen molar-refractivity contribution < 1.29 is 0 Å². The molecule has 0 amide bonds. The largest absolute Gasteiger partial charge is 0.405 e. The predicted molar refractivity (Wildman–Crippen MR) is 122 cm³/mol. The van der Waals surface area contributed by atoms with Crippen molar-refractivity contribution in [3.63, 3.8) is 0 Å². The molecule has 144 valence electrons. The fraction of sp³-hybridized carbons (Fsp3) is 0.286. The molecule has 5 N–H and O–H groups in total. The van der Waals surface area contributed by atoms with E-state index >= 15 is 0 Å². The van der Waals surface area contributed by atoms with Gasteiger partial charge in [-0.3, -0.25) is 0 Å². The summed E-state index contributed by atoms with van der Waals surface area (Å²) in [6.45, 7) is 19.7. The third kappa shape index (κ3) is 9.18. The van der Waals surface area contributed by atoms with E-state index in [2.05, 4.69) is 30.2 Å². The summed E-state index contributed by atoms with van der Waals surface area (Å²) in [4.78, 5) is 5.19. The highest BCUT2D eigenvalue weighted by Gasteiger charge is 2.09. The van der Waals surface area contributed by atoms with Gasteiger partial charge in [-0.25, -0.2) is 4.99 Å². The molecule has 0 heterocycles. The first-order valence-corrected chi connectivity index (χ1v) is 9.64. The van der Waals surface area contributed by atoms with E-state index in [1.165, 1.54) is 6.20 Å². The average Bonchev–Trinajstić information content (AvgIpc) is 2.67. The van der Waals surface area contributed by atoms with Gasteiger partial charge in [-0.05, 0) is 56.3 Å². The molecule has 0 radical (unpaired) electrons. The minimum atomic E-state index is 0.569. The number of nitrogens with zero attached hydrogens (tertiary/aromatic N) is 1. The van der Waals surface area contributed by atoms with Gasteiger partial charge in [-0.1, -0.05) is 45.2 Å². The Labute approximate surface area is 163 Å². The van der Waals surface area contributed by atoms with Crippen LogP contribution in [0, 0.1) is 0 Å². The molecule has 0 aliphatic rings. The molecule has 26 heavy (non-hydrogen) atoms. The van der Waals surface area contributed by atoms with Crippen LogP contribution in [0.4, 0.5) is 0 Å². The number of nitrogens with one attached hydrogen (secondary N) is 1. The summed E-state index contributed by atoms with van der Waals surface area (Å²) in [5.41, 5.74) is 14.9. The summed E-state index contributed by atoms with van der Waals surface area (Å²) < 4.78 is 0. The number of allylic oxidation sites excluding steroid dienone is 7. The van der Waals surface area contributed by atoms with Gasteiger partial charge in [-0.15, -0.1) is 11.8 Å². The molecule has 0 rings (SSSR count). The van der Waals surface area contributed by atoms with Crippen LogP contribution < -0.4 is 16.8 Å². The first-order chi connectivity index (χ1) is 12.5. The van der Waals surface area contributed by atoms with Crippen LogP contribution in [0.15, 0.2) is 87.9 Å². The number of thioether (sulfide) groups is 1. The number of aliphatic imine (C=N–C) groups is 1. The van der Waals surface area contributed by atoms with Gasteiger partial charge < -0.3 is 16.8 Å². The van der Waals surface area contributed by atoms with Crippen LogP contribution in [-0.2, 0) is 0 Å². The van der Waals surface area contributed by atoms with Gasteiger partial charge in [0.2, 0.25) is 0 Å². The summed E-state index contributed by atoms with van der Waals surface area (Å²) in [5, 5.41) is 3.28. The van der Waals surface area contributed by atoms with E-state index in [9.17, 15) is 0 Å². The van der Waals surface area contributed by atoms with Crippen molar-refractivity contribution in [2.45, 2.75) is 27.7 Å². The van der Waals surface area contributed by atoms with Gasteiger partial charge in [0.05, 0.1) is 0 Å². The van der Waals surface area contributed by atoms with E-state index in [0.717, 1.165) is 21.6 Å². The Hall–Kier alpha value is -2.40. The lowest BCUT2D eigenvalue weighted by atomic mass is 10.1. The summed E-state index contributed by atoms with van der Waals surface area (Å²) in [5.74, 6) is 0.626.